The van der Waals surface area contributed by atoms with Gasteiger partial charge in [0.25, 0.3) is 11.7 Å². The van der Waals surface area contributed by atoms with Gasteiger partial charge >= 0.3 is 5.97 Å². The monoisotopic (exact) mass is 403 g/mol. The summed E-state index contributed by atoms with van der Waals surface area (Å²) in [5, 5.41) is 10.8. The molecule has 5 rings (SSSR count). The molecule has 1 spiro atoms. The number of ether oxygens (including phenoxy) is 5. The maximum absolute atomic E-state index is 13.1. The number of aliphatic hydroxyl groups excluding tert-OH is 1. The highest BCUT2D eigenvalue weighted by Crippen LogP contribution is 2.52. The van der Waals surface area contributed by atoms with Crippen molar-refractivity contribution in [2.24, 2.45) is 0 Å². The third-order valence-corrected chi connectivity index (χ3v) is 6.30. The number of rotatable bonds is 2. The third-order valence-electron chi connectivity index (χ3n) is 6.30. The summed E-state index contributed by atoms with van der Waals surface area (Å²) in [4.78, 5) is 15.1. The number of aliphatic hydroxyl groups is 1. The first kappa shape index (κ1) is 18.4. The second kappa shape index (κ2) is 6.73. The highest BCUT2D eigenvalue weighted by Gasteiger charge is 2.49. The van der Waals surface area contributed by atoms with Crippen LogP contribution in [0.3, 0.4) is 0 Å². The number of methoxy groups -OCH3 is 1. The van der Waals surface area contributed by atoms with Gasteiger partial charge in [-0.2, -0.15) is 0 Å². The number of benzene rings is 1. The van der Waals surface area contributed by atoms with E-state index in [9.17, 15) is 9.90 Å². The van der Waals surface area contributed by atoms with Crippen LogP contribution in [0, 0.1) is 0 Å². The van der Waals surface area contributed by atoms with Gasteiger partial charge in [0.15, 0.2) is 11.5 Å². The van der Waals surface area contributed by atoms with Crippen LogP contribution in [-0.2, 0) is 20.7 Å². The first-order valence-electron chi connectivity index (χ1n) is 10.1. The smallest absolute Gasteiger partial charge is 0.346 e. The van der Waals surface area contributed by atoms with Crippen LogP contribution in [0.15, 0.2) is 17.6 Å². The maximum Gasteiger partial charge on any atom is 0.346 e. The number of likely N-dealkylation sites (N-methyl/N-ethyl adjacent to an activating group) is 1. The molecule has 8 heteroatoms. The van der Waals surface area contributed by atoms with Crippen LogP contribution >= 0.6 is 0 Å². The van der Waals surface area contributed by atoms with Crippen molar-refractivity contribution in [3.05, 3.63) is 28.7 Å². The zero-order chi connectivity index (χ0) is 20.2. The molecule has 4 aliphatic rings. The van der Waals surface area contributed by atoms with Crippen LogP contribution in [0.1, 0.15) is 49.3 Å². The van der Waals surface area contributed by atoms with E-state index in [4.69, 9.17) is 23.7 Å². The van der Waals surface area contributed by atoms with Gasteiger partial charge < -0.3 is 28.8 Å². The predicted octanol–water partition coefficient (Wildman–Crippen LogP) is 2.96. The standard InChI is InChI=1S/C21H25NO7/c1-22-9-6-12-10-13-17(27-11-26-13)18(25-2)14(12)16(22)15-19(23)28-21(29-20(15)24)7-4-3-5-8-21/h10,16,23H,3-9,11H2,1-2H3. The molecule has 0 amide bonds. The lowest BCUT2D eigenvalue weighted by Crippen LogP contribution is -2.47. The molecule has 3 heterocycles. The van der Waals surface area contributed by atoms with Crippen molar-refractivity contribution in [2.75, 3.05) is 27.5 Å². The van der Waals surface area contributed by atoms with Crippen molar-refractivity contribution < 1.29 is 33.6 Å². The molecule has 29 heavy (non-hydrogen) atoms. The SMILES string of the molecule is COc1c2c(cc3c1C(C1=C(O)OC4(CCCCC4)OC1=O)N(C)CC3)OCO2. The van der Waals surface area contributed by atoms with E-state index in [2.05, 4.69) is 0 Å². The fourth-order valence-corrected chi connectivity index (χ4v) is 4.88. The summed E-state index contributed by atoms with van der Waals surface area (Å²) >= 11 is 0. The van der Waals surface area contributed by atoms with Gasteiger partial charge in [0.2, 0.25) is 12.5 Å². The summed E-state index contributed by atoms with van der Waals surface area (Å²) in [6, 6.07) is 1.35. The van der Waals surface area contributed by atoms with Crippen LogP contribution in [-0.4, -0.2) is 49.3 Å². The van der Waals surface area contributed by atoms with Crippen LogP contribution in [0.4, 0.5) is 0 Å². The van der Waals surface area contributed by atoms with E-state index in [1.54, 1.807) is 7.11 Å². The molecule has 1 aromatic carbocycles. The Hall–Kier alpha value is -2.61. The average Bonchev–Trinajstić information content (AvgIpc) is 3.16. The van der Waals surface area contributed by atoms with Gasteiger partial charge in [0, 0.05) is 24.9 Å². The number of nitrogens with zero attached hydrogens (tertiary/aromatic N) is 1. The van der Waals surface area contributed by atoms with E-state index in [1.165, 1.54) is 0 Å². The molecule has 1 saturated carbocycles. The lowest BCUT2D eigenvalue weighted by atomic mass is 9.86. The Kier molecular flexibility index (Phi) is 4.27. The summed E-state index contributed by atoms with van der Waals surface area (Å²) in [6.45, 7) is 0.812. The molecular weight excluding hydrogens is 378 g/mol. The fourth-order valence-electron chi connectivity index (χ4n) is 4.88. The minimum atomic E-state index is -1.04. The first-order valence-corrected chi connectivity index (χ1v) is 10.1. The molecule has 3 aliphatic heterocycles. The van der Waals surface area contributed by atoms with Crippen LogP contribution in [0.25, 0.3) is 0 Å². The molecule has 1 unspecified atom stereocenters. The second-order valence-electron chi connectivity index (χ2n) is 8.03. The molecule has 1 atom stereocenters. The zero-order valence-electron chi connectivity index (χ0n) is 16.7. The van der Waals surface area contributed by atoms with Crippen molar-refractivity contribution in [3.8, 4) is 17.2 Å². The number of esters is 1. The highest BCUT2D eigenvalue weighted by atomic mass is 16.8. The summed E-state index contributed by atoms with van der Waals surface area (Å²) in [5.41, 5.74) is 1.86. The molecule has 8 nitrogen and oxygen atoms in total. The summed E-state index contributed by atoms with van der Waals surface area (Å²) < 4.78 is 28.5. The summed E-state index contributed by atoms with van der Waals surface area (Å²) in [5.74, 6) is -0.283. The van der Waals surface area contributed by atoms with E-state index >= 15 is 0 Å². The lowest BCUT2D eigenvalue weighted by molar-refractivity contribution is -0.251. The van der Waals surface area contributed by atoms with Gasteiger partial charge in [-0.25, -0.2) is 4.79 Å². The topological polar surface area (TPSA) is 86.7 Å². The number of carbonyl (C=O) groups excluding carboxylic acids is 1. The third kappa shape index (κ3) is 2.80. The lowest BCUT2D eigenvalue weighted by Gasteiger charge is -2.42. The molecule has 0 radical (unpaired) electrons. The Bertz CT molecular complexity index is 888. The largest absolute Gasteiger partial charge is 0.492 e. The zero-order valence-corrected chi connectivity index (χ0v) is 16.7. The molecule has 1 aliphatic carbocycles. The summed E-state index contributed by atoms with van der Waals surface area (Å²) in [7, 11) is 3.46. The van der Waals surface area contributed by atoms with Crippen molar-refractivity contribution in [2.45, 2.75) is 50.4 Å². The minimum Gasteiger partial charge on any atom is -0.492 e. The molecule has 1 aromatic rings. The Labute approximate surface area is 168 Å². The highest BCUT2D eigenvalue weighted by molar-refractivity contribution is 5.92. The van der Waals surface area contributed by atoms with Gasteiger partial charge in [0.1, 0.15) is 5.57 Å². The average molecular weight is 403 g/mol. The van der Waals surface area contributed by atoms with E-state index in [-0.39, 0.29) is 18.3 Å². The second-order valence-corrected chi connectivity index (χ2v) is 8.03. The van der Waals surface area contributed by atoms with Gasteiger partial charge in [-0.15, -0.1) is 0 Å². The van der Waals surface area contributed by atoms with Gasteiger partial charge in [0.05, 0.1) is 13.2 Å². The molecule has 0 aromatic heterocycles. The molecule has 156 valence electrons. The van der Waals surface area contributed by atoms with E-state index in [0.29, 0.717) is 36.6 Å². The van der Waals surface area contributed by atoms with Crippen molar-refractivity contribution in [3.63, 3.8) is 0 Å². The number of hydrogen-bond acceptors (Lipinski definition) is 8. The predicted molar refractivity (Wildman–Crippen MR) is 101 cm³/mol. The quantitative estimate of drug-likeness (QED) is 0.755. The molecule has 0 saturated heterocycles. The van der Waals surface area contributed by atoms with E-state index in [0.717, 1.165) is 36.8 Å². The van der Waals surface area contributed by atoms with Gasteiger partial charge in [-0.05, 0) is 37.9 Å². The van der Waals surface area contributed by atoms with E-state index in [1.807, 2.05) is 18.0 Å². The Morgan fingerprint density at radius 1 is 1.21 bits per heavy atom. The Morgan fingerprint density at radius 3 is 2.72 bits per heavy atom. The van der Waals surface area contributed by atoms with E-state index < -0.39 is 17.8 Å². The molecule has 0 bridgehead atoms. The number of hydrogen-bond donors (Lipinski definition) is 1. The molecule has 1 fully saturated rings. The van der Waals surface area contributed by atoms with Crippen LogP contribution in [0.2, 0.25) is 0 Å². The fraction of sp³-hybridized carbons (Fsp3) is 0.571. The maximum atomic E-state index is 13.1. The minimum absolute atomic E-state index is 0.0989. The Balaban J connectivity index is 1.62. The first-order chi connectivity index (χ1) is 14.0. The molecule has 1 N–H and O–H groups in total. The van der Waals surface area contributed by atoms with Gasteiger partial charge in [-0.1, -0.05) is 6.42 Å². The Morgan fingerprint density at radius 2 is 2.00 bits per heavy atom. The van der Waals surface area contributed by atoms with Crippen LogP contribution < -0.4 is 14.2 Å². The van der Waals surface area contributed by atoms with Gasteiger partial charge in [-0.3, -0.25) is 4.90 Å². The van der Waals surface area contributed by atoms with Crippen molar-refractivity contribution >= 4 is 5.97 Å². The number of fused-ring (bicyclic) bond motifs is 2. The van der Waals surface area contributed by atoms with Crippen molar-refractivity contribution in [1.29, 1.82) is 0 Å². The number of carbonyl (C=O) groups is 1. The molecular formula is C21H25NO7. The van der Waals surface area contributed by atoms with Crippen LogP contribution in [0.5, 0.6) is 17.2 Å². The van der Waals surface area contributed by atoms with Crippen molar-refractivity contribution in [1.82, 2.24) is 4.90 Å². The summed E-state index contributed by atoms with van der Waals surface area (Å²) in [6.07, 6.45) is 4.81. The normalized spacial score (nSPS) is 25.4.